The molecule has 0 spiro atoms. The summed E-state index contributed by atoms with van der Waals surface area (Å²) in [4.78, 5) is 19.6. The van der Waals surface area contributed by atoms with Crippen LogP contribution in [0.15, 0.2) is 73.4 Å². The highest BCUT2D eigenvalue weighted by atomic mass is 16.6. The molecule has 2 aromatic carbocycles. The molecule has 0 aliphatic rings. The third-order valence-corrected chi connectivity index (χ3v) is 3.26. The van der Waals surface area contributed by atoms with Gasteiger partial charge in [-0.25, -0.2) is 9.78 Å². The Kier molecular flexibility index (Phi) is 5.40. The second kappa shape index (κ2) is 8.27. The third kappa shape index (κ3) is 4.46. The molecule has 0 radical (unpaired) electrons. The van der Waals surface area contributed by atoms with Crippen LogP contribution >= 0.6 is 0 Å². The van der Waals surface area contributed by atoms with Crippen molar-refractivity contribution in [1.82, 2.24) is 9.97 Å². The molecule has 1 heterocycles. The Bertz CT molecular complexity index is 1030. The summed E-state index contributed by atoms with van der Waals surface area (Å²) in [6.07, 6.45) is 2.50. The van der Waals surface area contributed by atoms with Gasteiger partial charge in [0, 0.05) is 18.3 Å². The van der Waals surface area contributed by atoms with Gasteiger partial charge in [0.05, 0.1) is 5.56 Å². The van der Waals surface area contributed by atoms with Crippen molar-refractivity contribution >= 4 is 5.97 Å². The molecule has 7 nitrogen and oxygen atoms in total. The summed E-state index contributed by atoms with van der Waals surface area (Å²) in [5.74, 6) is 0.403. The van der Waals surface area contributed by atoms with Gasteiger partial charge in [0.25, 0.3) is 0 Å². The Morgan fingerprint density at radius 3 is 2.44 bits per heavy atom. The maximum atomic E-state index is 11.4. The van der Waals surface area contributed by atoms with E-state index in [1.807, 2.05) is 6.07 Å². The Morgan fingerprint density at radius 1 is 1.00 bits per heavy atom. The summed E-state index contributed by atoms with van der Waals surface area (Å²) < 4.78 is 16.4. The van der Waals surface area contributed by atoms with Gasteiger partial charge in [-0.3, -0.25) is 0 Å². The molecule has 0 saturated carbocycles. The molecule has 0 aliphatic heterocycles. The molecule has 7 heteroatoms. The minimum atomic E-state index is -0.614. The van der Waals surface area contributed by atoms with Crippen molar-refractivity contribution in [2.45, 2.75) is 0 Å². The first-order chi connectivity index (χ1) is 13.2. The lowest BCUT2D eigenvalue weighted by atomic mass is 10.2. The number of nitrogens with zero attached hydrogens (tertiary/aromatic N) is 3. The molecule has 3 aromatic rings. The first-order valence-corrected chi connectivity index (χ1v) is 7.81. The second-order valence-corrected chi connectivity index (χ2v) is 5.06. The van der Waals surface area contributed by atoms with Crippen LogP contribution in [0.2, 0.25) is 0 Å². The van der Waals surface area contributed by atoms with E-state index in [1.165, 1.54) is 12.3 Å². The lowest BCUT2D eigenvalue weighted by Gasteiger charge is -2.10. The van der Waals surface area contributed by atoms with Gasteiger partial charge >= 0.3 is 12.0 Å². The van der Waals surface area contributed by atoms with Gasteiger partial charge in [-0.15, -0.1) is 0 Å². The molecule has 0 fully saturated rings. The third-order valence-electron chi connectivity index (χ3n) is 3.26. The summed E-state index contributed by atoms with van der Waals surface area (Å²) in [6.45, 7) is 3.36. The number of nitriles is 1. The Balaban J connectivity index is 1.82. The fraction of sp³-hybridized carbons (Fsp3) is 0. The monoisotopic (exact) mass is 359 g/mol. The average Bonchev–Trinajstić information content (AvgIpc) is 2.70. The number of carbonyl (C=O) groups excluding carboxylic acids is 1. The van der Waals surface area contributed by atoms with Crippen LogP contribution < -0.4 is 14.2 Å². The van der Waals surface area contributed by atoms with Crippen molar-refractivity contribution in [1.29, 1.82) is 5.26 Å². The van der Waals surface area contributed by atoms with Crippen LogP contribution in [-0.2, 0) is 4.79 Å². The van der Waals surface area contributed by atoms with Crippen molar-refractivity contribution in [3.05, 3.63) is 79.0 Å². The number of ether oxygens (including phenoxy) is 3. The van der Waals surface area contributed by atoms with E-state index >= 15 is 0 Å². The molecule has 0 N–H and O–H groups in total. The summed E-state index contributed by atoms with van der Waals surface area (Å²) in [5, 5.41) is 9.13. The predicted octanol–water partition coefficient (Wildman–Crippen LogP) is 4.02. The van der Waals surface area contributed by atoms with Crippen LogP contribution in [-0.4, -0.2) is 15.9 Å². The summed E-state index contributed by atoms with van der Waals surface area (Å²) >= 11 is 0. The van der Waals surface area contributed by atoms with E-state index in [0.717, 1.165) is 6.08 Å². The minimum Gasteiger partial charge on any atom is -0.437 e. The molecule has 3 rings (SSSR count). The topological polar surface area (TPSA) is 94.3 Å². The lowest BCUT2D eigenvalue weighted by Crippen LogP contribution is -2.04. The highest BCUT2D eigenvalue weighted by Gasteiger charge is 2.11. The van der Waals surface area contributed by atoms with E-state index in [1.54, 1.807) is 48.5 Å². The normalized spacial score (nSPS) is 9.74. The molecule has 0 amide bonds. The predicted molar refractivity (Wildman–Crippen MR) is 95.6 cm³/mol. The molecule has 27 heavy (non-hydrogen) atoms. The first kappa shape index (κ1) is 17.6. The first-order valence-electron chi connectivity index (χ1n) is 7.81. The van der Waals surface area contributed by atoms with Gasteiger partial charge in [-0.1, -0.05) is 30.8 Å². The number of aromatic nitrogens is 2. The molecule has 0 atom stereocenters. The van der Waals surface area contributed by atoms with E-state index in [9.17, 15) is 4.79 Å². The fourth-order valence-electron chi connectivity index (χ4n) is 2.06. The SMILES string of the molecule is C=CC(=O)Oc1ccccc1Oc1nccc(Oc2ccccc2C#N)n1. The fourth-order valence-corrected chi connectivity index (χ4v) is 2.06. The number of hydrogen-bond acceptors (Lipinski definition) is 7. The van der Waals surface area contributed by atoms with Gasteiger partial charge in [0.2, 0.25) is 5.88 Å². The van der Waals surface area contributed by atoms with Crippen LogP contribution in [0.4, 0.5) is 0 Å². The highest BCUT2D eigenvalue weighted by Crippen LogP contribution is 2.31. The van der Waals surface area contributed by atoms with Gasteiger partial charge in [-0.05, 0) is 24.3 Å². The van der Waals surface area contributed by atoms with Crippen molar-refractivity contribution in [3.8, 4) is 35.2 Å². The Hall–Kier alpha value is -4.18. The van der Waals surface area contributed by atoms with Crippen molar-refractivity contribution in [2.75, 3.05) is 0 Å². The molecular weight excluding hydrogens is 346 g/mol. The smallest absolute Gasteiger partial charge is 0.335 e. The Morgan fingerprint density at radius 2 is 1.70 bits per heavy atom. The Labute approximate surface area is 155 Å². The van der Waals surface area contributed by atoms with E-state index in [2.05, 4.69) is 16.5 Å². The molecule has 0 saturated heterocycles. The zero-order valence-electron chi connectivity index (χ0n) is 14.0. The molecule has 132 valence electrons. The second-order valence-electron chi connectivity index (χ2n) is 5.06. The summed E-state index contributed by atoms with van der Waals surface area (Å²) in [6, 6.07) is 16.9. The highest BCUT2D eigenvalue weighted by molar-refractivity contribution is 5.83. The van der Waals surface area contributed by atoms with Crippen molar-refractivity contribution in [3.63, 3.8) is 0 Å². The molecule has 0 unspecified atom stereocenters. The molecular formula is C20H13N3O4. The van der Waals surface area contributed by atoms with Gasteiger partial charge in [-0.2, -0.15) is 10.2 Å². The van der Waals surface area contributed by atoms with E-state index in [-0.39, 0.29) is 23.4 Å². The number of rotatable bonds is 6. The number of benzene rings is 2. The van der Waals surface area contributed by atoms with Crippen LogP contribution in [0.1, 0.15) is 5.56 Å². The van der Waals surface area contributed by atoms with Crippen molar-refractivity contribution in [2.24, 2.45) is 0 Å². The number of esters is 1. The van der Waals surface area contributed by atoms with Crippen LogP contribution in [0, 0.1) is 11.3 Å². The van der Waals surface area contributed by atoms with E-state index in [0.29, 0.717) is 11.3 Å². The van der Waals surface area contributed by atoms with E-state index in [4.69, 9.17) is 19.5 Å². The molecule has 0 aliphatic carbocycles. The number of carbonyl (C=O) groups is 1. The van der Waals surface area contributed by atoms with Crippen molar-refractivity contribution < 1.29 is 19.0 Å². The average molecular weight is 359 g/mol. The zero-order chi connectivity index (χ0) is 19.1. The maximum Gasteiger partial charge on any atom is 0.335 e. The molecule has 1 aromatic heterocycles. The summed E-state index contributed by atoms with van der Waals surface area (Å²) in [5.41, 5.74) is 0.375. The standard InChI is InChI=1S/C20H13N3O4/c1-2-19(24)26-16-9-5-6-10-17(16)27-20-22-12-11-18(23-20)25-15-8-4-3-7-14(15)13-21/h2-12H,1H2. The minimum absolute atomic E-state index is 0.0101. The number of hydrogen-bond donors (Lipinski definition) is 0. The van der Waals surface area contributed by atoms with Gasteiger partial charge in [0.15, 0.2) is 11.5 Å². The van der Waals surface area contributed by atoms with Crippen LogP contribution in [0.3, 0.4) is 0 Å². The quantitative estimate of drug-likeness (QED) is 0.372. The number of para-hydroxylation sites is 3. The van der Waals surface area contributed by atoms with Gasteiger partial charge in [0.1, 0.15) is 11.8 Å². The zero-order valence-corrected chi connectivity index (χ0v) is 14.0. The van der Waals surface area contributed by atoms with E-state index < -0.39 is 5.97 Å². The lowest BCUT2D eigenvalue weighted by molar-refractivity contribution is -0.129. The largest absolute Gasteiger partial charge is 0.437 e. The summed E-state index contributed by atoms with van der Waals surface area (Å²) in [7, 11) is 0. The van der Waals surface area contributed by atoms with Crippen LogP contribution in [0.5, 0.6) is 29.1 Å². The molecule has 0 bridgehead atoms. The van der Waals surface area contributed by atoms with Crippen LogP contribution in [0.25, 0.3) is 0 Å². The van der Waals surface area contributed by atoms with Gasteiger partial charge < -0.3 is 14.2 Å². The maximum absolute atomic E-state index is 11.4.